The van der Waals surface area contributed by atoms with Gasteiger partial charge in [-0.25, -0.2) is 4.79 Å². The van der Waals surface area contributed by atoms with Gasteiger partial charge >= 0.3 is 5.97 Å². The fraction of sp³-hybridized carbons (Fsp3) is 0.346. The molecule has 0 saturated heterocycles. The van der Waals surface area contributed by atoms with Gasteiger partial charge in [0.15, 0.2) is 0 Å². The van der Waals surface area contributed by atoms with Crippen molar-refractivity contribution < 1.29 is 19.7 Å². The number of aliphatic hydroxyl groups excluding tert-OH is 1. The monoisotopic (exact) mass is 421 g/mol. The van der Waals surface area contributed by atoms with Gasteiger partial charge in [-0.2, -0.15) is 0 Å². The molecule has 0 aromatic heterocycles. The lowest BCUT2D eigenvalue weighted by molar-refractivity contribution is -0.00463. The first-order valence-electron chi connectivity index (χ1n) is 10.6. The number of nitrogens with one attached hydrogen (secondary N) is 1. The summed E-state index contributed by atoms with van der Waals surface area (Å²) in [7, 11) is 0. The summed E-state index contributed by atoms with van der Waals surface area (Å²) in [6.45, 7) is 6.52. The number of ether oxygens (including phenoxy) is 1. The zero-order valence-corrected chi connectivity index (χ0v) is 18.3. The summed E-state index contributed by atoms with van der Waals surface area (Å²) in [4.78, 5) is 11.4. The second-order valence-corrected chi connectivity index (χ2v) is 8.64. The Hall–Kier alpha value is -2.73. The predicted octanol–water partition coefficient (Wildman–Crippen LogP) is 4.59. The van der Waals surface area contributed by atoms with Crippen molar-refractivity contribution >= 4 is 16.7 Å². The van der Waals surface area contributed by atoms with E-state index in [2.05, 4.69) is 49.5 Å². The Kier molecular flexibility index (Phi) is 7.44. The first kappa shape index (κ1) is 22.9. The highest BCUT2D eigenvalue weighted by molar-refractivity contribution is 5.89. The molecule has 1 unspecified atom stereocenters. The van der Waals surface area contributed by atoms with E-state index in [-0.39, 0.29) is 17.7 Å². The Bertz CT molecular complexity index is 1030. The van der Waals surface area contributed by atoms with Crippen LogP contribution in [0.5, 0.6) is 0 Å². The third-order valence-electron chi connectivity index (χ3n) is 5.44. The molecule has 0 radical (unpaired) electrons. The van der Waals surface area contributed by atoms with Crippen molar-refractivity contribution in [3.8, 4) is 0 Å². The second kappa shape index (κ2) is 10.1. The number of aromatic carboxylic acids is 1. The average Bonchev–Trinajstić information content (AvgIpc) is 2.75. The number of benzene rings is 3. The van der Waals surface area contributed by atoms with Crippen LogP contribution in [0.25, 0.3) is 10.8 Å². The second-order valence-electron chi connectivity index (χ2n) is 8.64. The van der Waals surface area contributed by atoms with Gasteiger partial charge < -0.3 is 20.3 Å². The molecule has 3 aromatic carbocycles. The van der Waals surface area contributed by atoms with Gasteiger partial charge in [-0.05, 0) is 55.2 Å². The molecule has 0 saturated carbocycles. The normalized spacial score (nSPS) is 13.8. The van der Waals surface area contributed by atoms with Crippen LogP contribution in [0.2, 0.25) is 0 Å². The number of aliphatic hydroxyl groups is 1. The van der Waals surface area contributed by atoms with Gasteiger partial charge in [0.25, 0.3) is 0 Å². The van der Waals surface area contributed by atoms with Gasteiger partial charge in [-0.3, -0.25) is 0 Å². The van der Waals surface area contributed by atoms with Crippen LogP contribution < -0.4 is 5.32 Å². The lowest BCUT2D eigenvalue weighted by Gasteiger charge is -2.28. The Morgan fingerprint density at radius 2 is 1.71 bits per heavy atom. The molecule has 0 bridgehead atoms. The molecule has 5 nitrogen and oxygen atoms in total. The van der Waals surface area contributed by atoms with Gasteiger partial charge in [0.1, 0.15) is 0 Å². The maximum atomic E-state index is 11.4. The average molecular weight is 422 g/mol. The van der Waals surface area contributed by atoms with Gasteiger partial charge in [-0.1, -0.05) is 60.7 Å². The van der Waals surface area contributed by atoms with E-state index in [1.807, 2.05) is 12.1 Å². The number of hydrogen-bond acceptors (Lipinski definition) is 4. The minimum absolute atomic E-state index is 0.119. The summed E-state index contributed by atoms with van der Waals surface area (Å²) < 4.78 is 5.76. The summed E-state index contributed by atoms with van der Waals surface area (Å²) in [6, 6.07) is 21.6. The summed E-state index contributed by atoms with van der Waals surface area (Å²) in [6.07, 6.45) is -0.295. The largest absolute Gasteiger partial charge is 0.478 e. The van der Waals surface area contributed by atoms with Crippen molar-refractivity contribution in [1.82, 2.24) is 5.32 Å². The van der Waals surface area contributed by atoms with Crippen LogP contribution >= 0.6 is 0 Å². The lowest BCUT2D eigenvalue weighted by atomic mass is 9.93. The fourth-order valence-corrected chi connectivity index (χ4v) is 3.77. The molecule has 164 valence electrons. The van der Waals surface area contributed by atoms with Crippen LogP contribution in [-0.2, 0) is 11.2 Å². The number of fused-ring (bicyclic) bond motifs is 1. The van der Waals surface area contributed by atoms with Crippen LogP contribution in [-0.4, -0.2) is 41.0 Å². The minimum Gasteiger partial charge on any atom is -0.478 e. The molecule has 0 aliphatic carbocycles. The molecule has 5 heteroatoms. The molecule has 0 amide bonds. The number of rotatable bonds is 10. The van der Waals surface area contributed by atoms with E-state index in [1.54, 1.807) is 31.2 Å². The third kappa shape index (κ3) is 6.37. The molecule has 0 fully saturated rings. The first-order valence-corrected chi connectivity index (χ1v) is 10.6. The van der Waals surface area contributed by atoms with Gasteiger partial charge in [0.2, 0.25) is 0 Å². The standard InChI is InChI=1S/C26H31NO4/c1-18(23-10-6-7-11-24(23)25(29)30)31-17-22(28)16-27-26(2,3)15-19-12-13-20-8-4-5-9-21(20)14-19/h4-14,18,22,27-28H,15-17H2,1-3H3,(H,29,30)/t18?,22-/m1/s1. The quantitative estimate of drug-likeness (QED) is 0.446. The summed E-state index contributed by atoms with van der Waals surface area (Å²) >= 11 is 0. The maximum Gasteiger partial charge on any atom is 0.336 e. The van der Waals surface area contributed by atoms with E-state index >= 15 is 0 Å². The van der Waals surface area contributed by atoms with E-state index in [9.17, 15) is 15.0 Å². The highest BCUT2D eigenvalue weighted by Gasteiger charge is 2.21. The first-order chi connectivity index (χ1) is 14.7. The maximum absolute atomic E-state index is 11.4. The topological polar surface area (TPSA) is 78.8 Å². The van der Waals surface area contributed by atoms with Crippen molar-refractivity contribution in [3.63, 3.8) is 0 Å². The summed E-state index contributed by atoms with van der Waals surface area (Å²) in [5.74, 6) is -0.983. The van der Waals surface area contributed by atoms with Crippen molar-refractivity contribution in [2.75, 3.05) is 13.2 Å². The number of carbonyl (C=O) groups is 1. The smallest absolute Gasteiger partial charge is 0.336 e. The highest BCUT2D eigenvalue weighted by atomic mass is 16.5. The molecular weight excluding hydrogens is 390 g/mol. The fourth-order valence-electron chi connectivity index (χ4n) is 3.77. The van der Waals surface area contributed by atoms with Crippen molar-refractivity contribution in [1.29, 1.82) is 0 Å². The number of β-amino-alcohol motifs (C(OH)–C–C–N with tert-alkyl or cyclic N) is 1. The molecule has 0 heterocycles. The van der Waals surface area contributed by atoms with Crippen LogP contribution in [0.4, 0.5) is 0 Å². The van der Waals surface area contributed by atoms with E-state index in [0.717, 1.165) is 6.42 Å². The highest BCUT2D eigenvalue weighted by Crippen LogP contribution is 2.22. The molecule has 3 aromatic rings. The predicted molar refractivity (Wildman–Crippen MR) is 124 cm³/mol. The third-order valence-corrected chi connectivity index (χ3v) is 5.44. The molecular formula is C26H31NO4. The van der Waals surface area contributed by atoms with Gasteiger partial charge in [-0.15, -0.1) is 0 Å². The minimum atomic E-state index is -0.983. The molecule has 0 aliphatic heterocycles. The molecule has 3 N–H and O–H groups in total. The number of carboxylic acid groups (broad SMARTS) is 1. The van der Waals surface area contributed by atoms with Crippen molar-refractivity contribution in [2.45, 2.75) is 44.9 Å². The van der Waals surface area contributed by atoms with Crippen LogP contribution in [0.15, 0.2) is 66.7 Å². The number of hydrogen-bond donors (Lipinski definition) is 3. The molecule has 31 heavy (non-hydrogen) atoms. The zero-order chi connectivity index (χ0) is 22.4. The molecule has 0 aliphatic rings. The van der Waals surface area contributed by atoms with Crippen LogP contribution in [0.3, 0.4) is 0 Å². The SMILES string of the molecule is CC(OC[C@H](O)CNC(C)(C)Cc1ccc2ccccc2c1)c1ccccc1C(=O)O. The van der Waals surface area contributed by atoms with Crippen molar-refractivity contribution in [3.05, 3.63) is 83.4 Å². The van der Waals surface area contributed by atoms with E-state index in [4.69, 9.17) is 4.74 Å². The molecule has 2 atom stereocenters. The van der Waals surface area contributed by atoms with E-state index in [0.29, 0.717) is 12.1 Å². The van der Waals surface area contributed by atoms with Crippen LogP contribution in [0, 0.1) is 0 Å². The Balaban J connectivity index is 1.51. The number of carboxylic acids is 1. The molecule has 0 spiro atoms. The zero-order valence-electron chi connectivity index (χ0n) is 18.3. The summed E-state index contributed by atoms with van der Waals surface area (Å²) in [5.41, 5.74) is 1.86. The Morgan fingerprint density at radius 3 is 2.45 bits per heavy atom. The Labute approximate surface area is 183 Å². The van der Waals surface area contributed by atoms with Gasteiger partial charge in [0.05, 0.1) is 24.4 Å². The van der Waals surface area contributed by atoms with Crippen molar-refractivity contribution in [2.24, 2.45) is 0 Å². The van der Waals surface area contributed by atoms with Gasteiger partial charge in [0, 0.05) is 12.1 Å². The van der Waals surface area contributed by atoms with E-state index < -0.39 is 18.2 Å². The van der Waals surface area contributed by atoms with Crippen LogP contribution in [0.1, 0.15) is 48.4 Å². The summed E-state index contributed by atoms with van der Waals surface area (Å²) in [5, 5.41) is 25.6. The van der Waals surface area contributed by atoms with E-state index in [1.165, 1.54) is 16.3 Å². The lowest BCUT2D eigenvalue weighted by Crippen LogP contribution is -2.46. The Morgan fingerprint density at radius 1 is 1.03 bits per heavy atom. The molecule has 3 rings (SSSR count).